The molecule has 3 heterocycles. The molecule has 0 spiro atoms. The lowest BCUT2D eigenvalue weighted by Crippen LogP contribution is -1.99. The van der Waals surface area contributed by atoms with E-state index >= 15 is 0 Å². The quantitative estimate of drug-likeness (QED) is 0.657. The van der Waals surface area contributed by atoms with Crippen LogP contribution in [0.25, 0.3) is 11.3 Å². The van der Waals surface area contributed by atoms with Crippen molar-refractivity contribution in [1.82, 2.24) is 9.78 Å². The molecule has 0 amide bonds. The van der Waals surface area contributed by atoms with Gasteiger partial charge in [-0.25, -0.2) is 0 Å². The Morgan fingerprint density at radius 2 is 2.27 bits per heavy atom. The van der Waals surface area contributed by atoms with Crippen molar-refractivity contribution in [3.8, 4) is 11.3 Å². The lowest BCUT2D eigenvalue weighted by atomic mass is 10.1. The van der Waals surface area contributed by atoms with E-state index in [9.17, 15) is 0 Å². The number of furan rings is 1. The van der Waals surface area contributed by atoms with Gasteiger partial charge >= 0.3 is 0 Å². The maximum Gasteiger partial charge on any atom is 0.113 e. The molecule has 3 heteroatoms. The van der Waals surface area contributed by atoms with Gasteiger partial charge in [0.1, 0.15) is 11.5 Å². The Morgan fingerprint density at radius 1 is 1.40 bits per heavy atom. The lowest BCUT2D eigenvalue weighted by molar-refractivity contribution is 0.471. The number of nitrogens with zero attached hydrogens (tertiary/aromatic N) is 2. The standard InChI is InChI=1S/C12H14N2O/c1-8-7-13-14-5-3-4-11-10(12(8)14)6-9(2)15-11/h6-7H,3-5H2,1-2H3. The van der Waals surface area contributed by atoms with Crippen molar-refractivity contribution in [2.75, 3.05) is 0 Å². The van der Waals surface area contributed by atoms with Crippen LogP contribution in [-0.2, 0) is 13.0 Å². The Balaban J connectivity index is 2.29. The van der Waals surface area contributed by atoms with Crippen LogP contribution in [0.3, 0.4) is 0 Å². The maximum absolute atomic E-state index is 5.73. The second-order valence-electron chi connectivity index (χ2n) is 4.20. The summed E-state index contributed by atoms with van der Waals surface area (Å²) < 4.78 is 7.82. The van der Waals surface area contributed by atoms with Crippen molar-refractivity contribution in [3.05, 3.63) is 29.3 Å². The van der Waals surface area contributed by atoms with Crippen LogP contribution in [-0.4, -0.2) is 9.78 Å². The monoisotopic (exact) mass is 202 g/mol. The minimum Gasteiger partial charge on any atom is -0.466 e. The number of aryl methyl sites for hydroxylation is 4. The van der Waals surface area contributed by atoms with Gasteiger partial charge in [0.05, 0.1) is 11.9 Å². The molecule has 0 atom stereocenters. The second kappa shape index (κ2) is 2.99. The zero-order chi connectivity index (χ0) is 10.4. The molecule has 0 radical (unpaired) electrons. The molecule has 0 unspecified atom stereocenters. The van der Waals surface area contributed by atoms with Gasteiger partial charge in [-0.05, 0) is 31.9 Å². The molecule has 3 rings (SSSR count). The predicted octanol–water partition coefficient (Wildman–Crippen LogP) is 2.71. The number of rotatable bonds is 0. The van der Waals surface area contributed by atoms with E-state index in [4.69, 9.17) is 4.42 Å². The third-order valence-corrected chi connectivity index (χ3v) is 2.98. The van der Waals surface area contributed by atoms with Crippen LogP contribution in [0.5, 0.6) is 0 Å². The third kappa shape index (κ3) is 1.23. The summed E-state index contributed by atoms with van der Waals surface area (Å²) in [5.74, 6) is 2.11. The van der Waals surface area contributed by atoms with Crippen molar-refractivity contribution in [2.24, 2.45) is 0 Å². The summed E-state index contributed by atoms with van der Waals surface area (Å²) in [6.45, 7) is 5.10. The van der Waals surface area contributed by atoms with Crippen LogP contribution >= 0.6 is 0 Å². The van der Waals surface area contributed by atoms with Gasteiger partial charge in [0.15, 0.2) is 0 Å². The molecule has 0 saturated carbocycles. The average Bonchev–Trinajstić information content (AvgIpc) is 2.67. The van der Waals surface area contributed by atoms with Crippen LogP contribution in [0.4, 0.5) is 0 Å². The van der Waals surface area contributed by atoms with E-state index in [0.29, 0.717) is 0 Å². The number of fused-ring (bicyclic) bond motifs is 3. The normalized spacial score (nSPS) is 14.5. The summed E-state index contributed by atoms with van der Waals surface area (Å²) in [5, 5.41) is 4.40. The zero-order valence-electron chi connectivity index (χ0n) is 9.08. The molecule has 0 aromatic carbocycles. The highest BCUT2D eigenvalue weighted by Gasteiger charge is 2.20. The number of hydrogen-bond acceptors (Lipinski definition) is 2. The van der Waals surface area contributed by atoms with Crippen molar-refractivity contribution < 1.29 is 4.42 Å². The van der Waals surface area contributed by atoms with Crippen LogP contribution in [0.1, 0.15) is 23.5 Å². The fourth-order valence-electron chi connectivity index (χ4n) is 2.34. The summed E-state index contributed by atoms with van der Waals surface area (Å²) in [6, 6.07) is 2.13. The number of aromatic nitrogens is 2. The van der Waals surface area contributed by atoms with Crippen LogP contribution in [0.15, 0.2) is 16.7 Å². The summed E-state index contributed by atoms with van der Waals surface area (Å²) in [4.78, 5) is 0. The fraction of sp³-hybridized carbons (Fsp3) is 0.417. The Bertz CT molecular complexity index is 508. The van der Waals surface area contributed by atoms with E-state index in [1.165, 1.54) is 16.8 Å². The molecule has 1 aliphatic rings. The van der Waals surface area contributed by atoms with Gasteiger partial charge in [-0.15, -0.1) is 0 Å². The minimum absolute atomic E-state index is 0.992. The summed E-state index contributed by atoms with van der Waals surface area (Å²) in [6.07, 6.45) is 4.06. The number of hydrogen-bond donors (Lipinski definition) is 0. The average molecular weight is 202 g/mol. The van der Waals surface area contributed by atoms with Gasteiger partial charge in [-0.1, -0.05) is 0 Å². The second-order valence-corrected chi connectivity index (χ2v) is 4.20. The highest BCUT2D eigenvalue weighted by Crippen LogP contribution is 2.32. The predicted molar refractivity (Wildman–Crippen MR) is 57.7 cm³/mol. The molecule has 0 bridgehead atoms. The highest BCUT2D eigenvalue weighted by atomic mass is 16.3. The summed E-state index contributed by atoms with van der Waals surface area (Å²) in [5.41, 5.74) is 3.71. The Hall–Kier alpha value is -1.51. The molecule has 15 heavy (non-hydrogen) atoms. The van der Waals surface area contributed by atoms with Gasteiger partial charge in [-0.3, -0.25) is 4.68 Å². The van der Waals surface area contributed by atoms with Crippen LogP contribution in [0.2, 0.25) is 0 Å². The summed E-state index contributed by atoms with van der Waals surface area (Å²) in [7, 11) is 0. The topological polar surface area (TPSA) is 31.0 Å². The third-order valence-electron chi connectivity index (χ3n) is 2.98. The van der Waals surface area contributed by atoms with E-state index < -0.39 is 0 Å². The fourth-order valence-corrected chi connectivity index (χ4v) is 2.34. The molecule has 2 aromatic rings. The maximum atomic E-state index is 5.73. The molecule has 0 fully saturated rings. The first-order chi connectivity index (χ1) is 7.25. The molecular formula is C12H14N2O. The smallest absolute Gasteiger partial charge is 0.113 e. The molecule has 1 aliphatic heterocycles. The van der Waals surface area contributed by atoms with Crippen molar-refractivity contribution in [3.63, 3.8) is 0 Å². The van der Waals surface area contributed by atoms with Gasteiger partial charge in [0.2, 0.25) is 0 Å². The molecule has 0 N–H and O–H groups in total. The zero-order valence-corrected chi connectivity index (χ0v) is 9.08. The van der Waals surface area contributed by atoms with E-state index in [0.717, 1.165) is 30.9 Å². The van der Waals surface area contributed by atoms with E-state index in [1.807, 2.05) is 13.1 Å². The Morgan fingerprint density at radius 3 is 3.13 bits per heavy atom. The molecule has 0 saturated heterocycles. The minimum atomic E-state index is 0.992. The highest BCUT2D eigenvalue weighted by molar-refractivity contribution is 5.66. The first-order valence-electron chi connectivity index (χ1n) is 5.38. The van der Waals surface area contributed by atoms with Gasteiger partial charge in [0, 0.05) is 18.5 Å². The first kappa shape index (κ1) is 8.77. The lowest BCUT2D eigenvalue weighted by Gasteiger charge is -2.02. The molecule has 2 aromatic heterocycles. The molecule has 3 nitrogen and oxygen atoms in total. The van der Waals surface area contributed by atoms with Crippen LogP contribution < -0.4 is 0 Å². The van der Waals surface area contributed by atoms with E-state index in [2.05, 4.69) is 22.8 Å². The molecule has 0 aliphatic carbocycles. The van der Waals surface area contributed by atoms with Crippen molar-refractivity contribution in [1.29, 1.82) is 0 Å². The summed E-state index contributed by atoms with van der Waals surface area (Å²) >= 11 is 0. The van der Waals surface area contributed by atoms with E-state index in [1.54, 1.807) is 0 Å². The SMILES string of the molecule is Cc1cc2c(o1)CCCn1ncc(C)c1-2. The first-order valence-corrected chi connectivity index (χ1v) is 5.38. The van der Waals surface area contributed by atoms with Crippen LogP contribution in [0, 0.1) is 13.8 Å². The largest absolute Gasteiger partial charge is 0.466 e. The van der Waals surface area contributed by atoms with Gasteiger partial charge < -0.3 is 4.42 Å². The van der Waals surface area contributed by atoms with Crippen molar-refractivity contribution in [2.45, 2.75) is 33.2 Å². The van der Waals surface area contributed by atoms with E-state index in [-0.39, 0.29) is 0 Å². The molecular weight excluding hydrogens is 188 g/mol. The molecule has 78 valence electrons. The van der Waals surface area contributed by atoms with Crippen molar-refractivity contribution >= 4 is 0 Å². The Kier molecular flexibility index (Phi) is 1.75. The van der Waals surface area contributed by atoms with Gasteiger partial charge in [-0.2, -0.15) is 5.10 Å². The Labute approximate surface area is 88.7 Å². The van der Waals surface area contributed by atoms with Gasteiger partial charge in [0.25, 0.3) is 0 Å².